The Morgan fingerprint density at radius 2 is 1.86 bits per heavy atom. The summed E-state index contributed by atoms with van der Waals surface area (Å²) < 4.78 is 2.09. The van der Waals surface area contributed by atoms with Crippen LogP contribution < -0.4 is 4.90 Å². The van der Waals surface area contributed by atoms with Crippen LogP contribution in [0, 0.1) is 0 Å². The number of nitrogens with zero attached hydrogens (tertiary/aromatic N) is 4. The van der Waals surface area contributed by atoms with Gasteiger partial charge in [0.1, 0.15) is 11.3 Å². The van der Waals surface area contributed by atoms with E-state index in [4.69, 9.17) is 11.6 Å². The van der Waals surface area contributed by atoms with Crippen LogP contribution in [0.15, 0.2) is 42.7 Å². The van der Waals surface area contributed by atoms with Gasteiger partial charge in [0.05, 0.1) is 17.1 Å². The molecule has 3 aromatic rings. The molecule has 1 unspecified atom stereocenters. The van der Waals surface area contributed by atoms with Crippen LogP contribution >= 0.6 is 11.6 Å². The zero-order chi connectivity index (χ0) is 15.0. The molecule has 2 heterocycles. The van der Waals surface area contributed by atoms with Gasteiger partial charge in [0, 0.05) is 31.7 Å². The van der Waals surface area contributed by atoms with Crippen molar-refractivity contribution in [2.24, 2.45) is 0 Å². The highest BCUT2D eigenvalue weighted by Gasteiger charge is 2.16. The molecule has 0 fully saturated rings. The fourth-order valence-electron chi connectivity index (χ4n) is 2.39. The van der Waals surface area contributed by atoms with Crippen LogP contribution in [0.2, 0.25) is 0 Å². The predicted molar refractivity (Wildman–Crippen MR) is 87.5 cm³/mol. The van der Waals surface area contributed by atoms with Crippen LogP contribution in [0.1, 0.15) is 18.1 Å². The Balaban J connectivity index is 2.20. The highest BCUT2D eigenvalue weighted by atomic mass is 35.5. The van der Waals surface area contributed by atoms with Crippen molar-refractivity contribution in [2.45, 2.75) is 12.3 Å². The average molecular weight is 301 g/mol. The molecule has 0 bridgehead atoms. The number of hydrogen-bond donors (Lipinski definition) is 0. The van der Waals surface area contributed by atoms with E-state index in [-0.39, 0.29) is 5.38 Å². The first-order valence-electron chi connectivity index (χ1n) is 6.82. The van der Waals surface area contributed by atoms with E-state index in [1.165, 1.54) is 0 Å². The minimum Gasteiger partial charge on any atom is -0.378 e. The van der Waals surface area contributed by atoms with Gasteiger partial charge in [0.25, 0.3) is 0 Å². The van der Waals surface area contributed by atoms with Crippen LogP contribution in [0.4, 0.5) is 5.69 Å². The molecule has 0 radical (unpaired) electrons. The van der Waals surface area contributed by atoms with Crippen molar-refractivity contribution in [1.29, 1.82) is 0 Å². The first-order valence-corrected chi connectivity index (χ1v) is 7.26. The summed E-state index contributed by atoms with van der Waals surface area (Å²) in [5.41, 5.74) is 4.09. The number of rotatable bonds is 3. The standard InChI is InChI=1S/C16H17ClN4/c1-11(17)16-19-14-10-18-9-8-15(14)21(16)13-6-4-12(5-7-13)20(2)3/h4-11H,1-3H3. The Kier molecular flexibility index (Phi) is 3.55. The van der Waals surface area contributed by atoms with Crippen molar-refractivity contribution in [3.8, 4) is 5.69 Å². The lowest BCUT2D eigenvalue weighted by molar-refractivity contribution is 0.882. The van der Waals surface area contributed by atoms with Crippen LogP contribution in [-0.4, -0.2) is 28.6 Å². The second-order valence-corrected chi connectivity index (χ2v) is 5.85. The Morgan fingerprint density at radius 1 is 1.14 bits per heavy atom. The van der Waals surface area contributed by atoms with Crippen LogP contribution in [0.3, 0.4) is 0 Å². The molecule has 108 valence electrons. The summed E-state index contributed by atoms with van der Waals surface area (Å²) in [4.78, 5) is 10.8. The zero-order valence-corrected chi connectivity index (χ0v) is 13.0. The maximum atomic E-state index is 6.30. The van der Waals surface area contributed by atoms with Crippen molar-refractivity contribution >= 4 is 28.3 Å². The van der Waals surface area contributed by atoms with Gasteiger partial charge < -0.3 is 4.90 Å². The van der Waals surface area contributed by atoms with E-state index in [1.807, 2.05) is 27.1 Å². The molecule has 0 aliphatic carbocycles. The number of imidazole rings is 1. The van der Waals surface area contributed by atoms with Gasteiger partial charge in [-0.2, -0.15) is 0 Å². The van der Waals surface area contributed by atoms with E-state index in [0.29, 0.717) is 0 Å². The van der Waals surface area contributed by atoms with E-state index >= 15 is 0 Å². The Labute approximate surface area is 129 Å². The molecule has 0 spiro atoms. The molecule has 1 aromatic carbocycles. The largest absolute Gasteiger partial charge is 0.378 e. The lowest BCUT2D eigenvalue weighted by atomic mass is 10.2. The van der Waals surface area contributed by atoms with Gasteiger partial charge in [-0.05, 0) is 37.3 Å². The van der Waals surface area contributed by atoms with Crippen molar-refractivity contribution in [1.82, 2.24) is 14.5 Å². The quantitative estimate of drug-likeness (QED) is 0.690. The lowest BCUT2D eigenvalue weighted by Gasteiger charge is -2.15. The molecule has 3 rings (SSSR count). The summed E-state index contributed by atoms with van der Waals surface area (Å²) in [6, 6.07) is 10.3. The van der Waals surface area contributed by atoms with Gasteiger partial charge in [0.2, 0.25) is 0 Å². The highest BCUT2D eigenvalue weighted by Crippen LogP contribution is 2.28. The molecule has 0 N–H and O–H groups in total. The molecule has 0 aliphatic rings. The van der Waals surface area contributed by atoms with Crippen molar-refractivity contribution in [2.75, 3.05) is 19.0 Å². The summed E-state index contributed by atoms with van der Waals surface area (Å²) in [6.45, 7) is 1.93. The fourth-order valence-corrected chi connectivity index (χ4v) is 2.54. The lowest BCUT2D eigenvalue weighted by Crippen LogP contribution is -2.08. The minimum atomic E-state index is -0.175. The summed E-state index contributed by atoms with van der Waals surface area (Å²) in [6.07, 6.45) is 3.54. The third-order valence-electron chi connectivity index (χ3n) is 3.46. The molecule has 0 saturated heterocycles. The van der Waals surface area contributed by atoms with Gasteiger partial charge in [-0.25, -0.2) is 4.98 Å². The number of alkyl halides is 1. The van der Waals surface area contributed by atoms with Crippen molar-refractivity contribution in [3.05, 3.63) is 48.5 Å². The third-order valence-corrected chi connectivity index (χ3v) is 3.66. The summed E-state index contributed by atoms with van der Waals surface area (Å²) in [5.74, 6) is 0.831. The summed E-state index contributed by atoms with van der Waals surface area (Å²) in [5, 5.41) is -0.175. The van der Waals surface area contributed by atoms with Crippen LogP contribution in [0.25, 0.3) is 16.7 Å². The van der Waals surface area contributed by atoms with Crippen LogP contribution in [-0.2, 0) is 0 Å². The van der Waals surface area contributed by atoms with Gasteiger partial charge in [-0.3, -0.25) is 9.55 Å². The SMILES string of the molecule is CC(Cl)c1nc2cnccc2n1-c1ccc(N(C)C)cc1. The molecule has 5 heteroatoms. The first kappa shape index (κ1) is 13.9. The van der Waals surface area contributed by atoms with Crippen molar-refractivity contribution < 1.29 is 0 Å². The summed E-state index contributed by atoms with van der Waals surface area (Å²) >= 11 is 6.30. The number of pyridine rings is 1. The Bertz CT molecular complexity index is 760. The Hall–Kier alpha value is -2.07. The van der Waals surface area contributed by atoms with Gasteiger partial charge in [-0.15, -0.1) is 11.6 Å². The maximum Gasteiger partial charge on any atom is 0.132 e. The second-order valence-electron chi connectivity index (χ2n) is 5.20. The van der Waals surface area contributed by atoms with E-state index in [1.54, 1.807) is 12.4 Å². The number of anilines is 1. The normalized spacial score (nSPS) is 12.6. The first-order chi connectivity index (χ1) is 10.1. The van der Waals surface area contributed by atoms with E-state index in [9.17, 15) is 0 Å². The Morgan fingerprint density at radius 3 is 2.48 bits per heavy atom. The van der Waals surface area contributed by atoms with Crippen molar-refractivity contribution in [3.63, 3.8) is 0 Å². The molecule has 4 nitrogen and oxygen atoms in total. The minimum absolute atomic E-state index is 0.175. The zero-order valence-electron chi connectivity index (χ0n) is 12.3. The van der Waals surface area contributed by atoms with Gasteiger partial charge >= 0.3 is 0 Å². The number of benzene rings is 1. The number of fused-ring (bicyclic) bond motifs is 1. The smallest absolute Gasteiger partial charge is 0.132 e. The molecule has 0 amide bonds. The maximum absolute atomic E-state index is 6.30. The number of aromatic nitrogens is 3. The number of halogens is 1. The molecule has 1 atom stereocenters. The monoisotopic (exact) mass is 300 g/mol. The van der Waals surface area contributed by atoms with E-state index < -0.39 is 0 Å². The fraction of sp³-hybridized carbons (Fsp3) is 0.250. The molecule has 0 saturated carbocycles. The topological polar surface area (TPSA) is 34.0 Å². The van der Waals surface area contributed by atoms with E-state index in [0.717, 1.165) is 28.2 Å². The van der Waals surface area contributed by atoms with Gasteiger partial charge in [-0.1, -0.05) is 0 Å². The van der Waals surface area contributed by atoms with E-state index in [2.05, 4.69) is 43.7 Å². The second kappa shape index (κ2) is 5.37. The number of hydrogen-bond acceptors (Lipinski definition) is 3. The molecule has 2 aromatic heterocycles. The molecular weight excluding hydrogens is 284 g/mol. The molecular formula is C16H17ClN4. The highest BCUT2D eigenvalue weighted by molar-refractivity contribution is 6.20. The van der Waals surface area contributed by atoms with Gasteiger partial charge in [0.15, 0.2) is 0 Å². The third kappa shape index (κ3) is 2.47. The molecule has 21 heavy (non-hydrogen) atoms. The molecule has 0 aliphatic heterocycles. The van der Waals surface area contributed by atoms with Crippen LogP contribution in [0.5, 0.6) is 0 Å². The predicted octanol–water partition coefficient (Wildman–Crippen LogP) is 3.79. The average Bonchev–Trinajstić information content (AvgIpc) is 2.87. The summed E-state index contributed by atoms with van der Waals surface area (Å²) in [7, 11) is 4.05.